The quantitative estimate of drug-likeness (QED) is 0.389. The summed E-state index contributed by atoms with van der Waals surface area (Å²) in [6, 6.07) is 10.6. The van der Waals surface area contributed by atoms with E-state index in [4.69, 9.17) is 27.3 Å². The Morgan fingerprint density at radius 2 is 2.16 bits per heavy atom. The lowest BCUT2D eigenvalue weighted by molar-refractivity contribution is 0.294. The van der Waals surface area contributed by atoms with Gasteiger partial charge < -0.3 is 15.7 Å². The fourth-order valence-electron chi connectivity index (χ4n) is 1.47. The number of halogens is 1. The number of ether oxygens (including phenoxy) is 1. The van der Waals surface area contributed by atoms with Crippen LogP contribution in [0.3, 0.4) is 0 Å². The van der Waals surface area contributed by atoms with Gasteiger partial charge in [-0.15, -0.1) is 0 Å². The van der Waals surface area contributed by atoms with E-state index in [-0.39, 0.29) is 5.84 Å². The topological polar surface area (TPSA) is 80.7 Å². The second-order valence-electron chi connectivity index (χ2n) is 3.75. The van der Waals surface area contributed by atoms with Crippen molar-refractivity contribution in [2.45, 2.75) is 6.61 Å². The maximum atomic E-state index is 8.61. The van der Waals surface area contributed by atoms with Crippen LogP contribution in [0.25, 0.3) is 0 Å². The van der Waals surface area contributed by atoms with Gasteiger partial charge in [0.1, 0.15) is 6.61 Å². The van der Waals surface area contributed by atoms with Crippen molar-refractivity contribution in [1.82, 2.24) is 4.98 Å². The van der Waals surface area contributed by atoms with Crippen LogP contribution < -0.4 is 10.5 Å². The Bertz CT molecular complexity index is 602. The van der Waals surface area contributed by atoms with Crippen molar-refractivity contribution in [2.75, 3.05) is 0 Å². The molecule has 0 aliphatic heterocycles. The van der Waals surface area contributed by atoms with Crippen LogP contribution in [0, 0.1) is 0 Å². The molecule has 1 aromatic carbocycles. The molecule has 0 spiro atoms. The Morgan fingerprint density at radius 1 is 1.37 bits per heavy atom. The lowest BCUT2D eigenvalue weighted by Crippen LogP contribution is -2.13. The van der Waals surface area contributed by atoms with E-state index in [0.29, 0.717) is 23.1 Å². The number of aromatic nitrogens is 1. The van der Waals surface area contributed by atoms with Crippen molar-refractivity contribution in [2.24, 2.45) is 10.9 Å². The number of hydrogen-bond donors (Lipinski definition) is 2. The molecule has 6 heteroatoms. The van der Waals surface area contributed by atoms with Crippen LogP contribution in [0.4, 0.5) is 0 Å². The SMILES string of the molecule is N/C(=N\O)c1ccnc(OCc2ccccc2Cl)c1. The van der Waals surface area contributed by atoms with E-state index in [9.17, 15) is 0 Å². The highest BCUT2D eigenvalue weighted by Gasteiger charge is 2.04. The van der Waals surface area contributed by atoms with Gasteiger partial charge in [-0.05, 0) is 12.1 Å². The number of pyridine rings is 1. The lowest BCUT2D eigenvalue weighted by Gasteiger charge is -2.07. The summed E-state index contributed by atoms with van der Waals surface area (Å²) in [6.07, 6.45) is 1.52. The minimum atomic E-state index is 0.00462. The molecule has 0 bridgehead atoms. The van der Waals surface area contributed by atoms with Crippen molar-refractivity contribution >= 4 is 17.4 Å². The first-order valence-electron chi connectivity index (χ1n) is 5.51. The Labute approximate surface area is 115 Å². The third-order valence-electron chi connectivity index (χ3n) is 2.47. The molecule has 0 aliphatic rings. The van der Waals surface area contributed by atoms with E-state index in [1.807, 2.05) is 18.2 Å². The van der Waals surface area contributed by atoms with Gasteiger partial charge in [-0.1, -0.05) is 35.0 Å². The molecule has 0 saturated carbocycles. The number of benzene rings is 1. The second kappa shape index (κ2) is 6.06. The molecule has 0 saturated heterocycles. The zero-order valence-corrected chi connectivity index (χ0v) is 10.7. The first-order chi connectivity index (χ1) is 9.20. The Hall–Kier alpha value is -2.27. The molecule has 1 aromatic heterocycles. The highest BCUT2D eigenvalue weighted by atomic mass is 35.5. The summed E-state index contributed by atoms with van der Waals surface area (Å²) >= 11 is 6.02. The normalized spacial score (nSPS) is 11.3. The van der Waals surface area contributed by atoms with E-state index < -0.39 is 0 Å². The van der Waals surface area contributed by atoms with Gasteiger partial charge in [0.05, 0.1) is 0 Å². The molecule has 5 nitrogen and oxygen atoms in total. The van der Waals surface area contributed by atoms with E-state index >= 15 is 0 Å². The molecule has 2 rings (SSSR count). The van der Waals surface area contributed by atoms with Gasteiger partial charge in [0, 0.05) is 28.4 Å². The highest BCUT2D eigenvalue weighted by molar-refractivity contribution is 6.31. The maximum Gasteiger partial charge on any atom is 0.214 e. The summed E-state index contributed by atoms with van der Waals surface area (Å²) in [4.78, 5) is 4.04. The highest BCUT2D eigenvalue weighted by Crippen LogP contribution is 2.17. The average Bonchev–Trinajstić information content (AvgIpc) is 2.46. The van der Waals surface area contributed by atoms with Crippen LogP contribution >= 0.6 is 11.6 Å². The van der Waals surface area contributed by atoms with Crippen LogP contribution in [0.15, 0.2) is 47.8 Å². The Morgan fingerprint density at radius 3 is 2.89 bits per heavy atom. The maximum absolute atomic E-state index is 8.61. The summed E-state index contributed by atoms with van der Waals surface area (Å²) in [5.74, 6) is 0.383. The zero-order chi connectivity index (χ0) is 13.7. The van der Waals surface area contributed by atoms with Gasteiger partial charge in [-0.2, -0.15) is 0 Å². The molecule has 19 heavy (non-hydrogen) atoms. The van der Waals surface area contributed by atoms with E-state index in [1.54, 1.807) is 18.2 Å². The third kappa shape index (κ3) is 3.35. The summed E-state index contributed by atoms with van der Waals surface area (Å²) in [5, 5.41) is 12.2. The minimum Gasteiger partial charge on any atom is -0.473 e. The molecule has 1 heterocycles. The monoisotopic (exact) mass is 277 g/mol. The predicted molar refractivity (Wildman–Crippen MR) is 72.5 cm³/mol. The molecule has 0 unspecified atom stereocenters. The van der Waals surface area contributed by atoms with Gasteiger partial charge in [0.15, 0.2) is 5.84 Å². The van der Waals surface area contributed by atoms with Gasteiger partial charge in [-0.25, -0.2) is 4.98 Å². The summed E-state index contributed by atoms with van der Waals surface area (Å²) in [5.41, 5.74) is 6.89. The summed E-state index contributed by atoms with van der Waals surface area (Å²) in [6.45, 7) is 0.298. The molecule has 0 fully saturated rings. The molecular weight excluding hydrogens is 266 g/mol. The molecule has 0 radical (unpaired) electrons. The van der Waals surface area contributed by atoms with Crippen LogP contribution in [0.5, 0.6) is 5.88 Å². The van der Waals surface area contributed by atoms with Crippen molar-refractivity contribution < 1.29 is 9.94 Å². The number of oxime groups is 1. The van der Waals surface area contributed by atoms with Gasteiger partial charge >= 0.3 is 0 Å². The fraction of sp³-hybridized carbons (Fsp3) is 0.0769. The van der Waals surface area contributed by atoms with E-state index in [2.05, 4.69) is 10.1 Å². The standard InChI is InChI=1S/C13H12ClN3O2/c14-11-4-2-1-3-10(11)8-19-12-7-9(5-6-16-12)13(15)17-18/h1-7,18H,8H2,(H2,15,17). The number of hydrogen-bond acceptors (Lipinski definition) is 4. The Kier molecular flexibility index (Phi) is 4.20. The van der Waals surface area contributed by atoms with Gasteiger partial charge in [-0.3, -0.25) is 0 Å². The largest absolute Gasteiger partial charge is 0.473 e. The number of rotatable bonds is 4. The minimum absolute atomic E-state index is 0.00462. The van der Waals surface area contributed by atoms with Gasteiger partial charge in [0.2, 0.25) is 5.88 Å². The van der Waals surface area contributed by atoms with Crippen LogP contribution in [0.2, 0.25) is 5.02 Å². The zero-order valence-electron chi connectivity index (χ0n) is 9.95. The van der Waals surface area contributed by atoms with E-state index in [1.165, 1.54) is 6.20 Å². The van der Waals surface area contributed by atoms with Gasteiger partial charge in [0.25, 0.3) is 0 Å². The van der Waals surface area contributed by atoms with Crippen molar-refractivity contribution in [3.8, 4) is 5.88 Å². The van der Waals surface area contributed by atoms with Crippen molar-refractivity contribution in [3.63, 3.8) is 0 Å². The number of nitrogens with zero attached hydrogens (tertiary/aromatic N) is 2. The predicted octanol–water partition coefficient (Wildman–Crippen LogP) is 2.41. The third-order valence-corrected chi connectivity index (χ3v) is 2.84. The summed E-state index contributed by atoms with van der Waals surface area (Å²) < 4.78 is 5.52. The molecule has 0 aliphatic carbocycles. The molecule has 0 amide bonds. The number of amidine groups is 1. The van der Waals surface area contributed by atoms with Crippen LogP contribution in [0.1, 0.15) is 11.1 Å². The molecule has 0 atom stereocenters. The first kappa shape index (κ1) is 13.2. The fourth-order valence-corrected chi connectivity index (χ4v) is 1.66. The van der Waals surface area contributed by atoms with Crippen molar-refractivity contribution in [3.05, 3.63) is 58.7 Å². The Balaban J connectivity index is 2.10. The van der Waals surface area contributed by atoms with Crippen molar-refractivity contribution in [1.29, 1.82) is 0 Å². The van der Waals surface area contributed by atoms with E-state index in [0.717, 1.165) is 5.56 Å². The molecular formula is C13H12ClN3O2. The molecule has 2 aromatic rings. The van der Waals surface area contributed by atoms with Crippen LogP contribution in [-0.2, 0) is 6.61 Å². The lowest BCUT2D eigenvalue weighted by atomic mass is 10.2. The number of nitrogens with two attached hydrogens (primary N) is 1. The average molecular weight is 278 g/mol. The first-order valence-corrected chi connectivity index (χ1v) is 5.88. The second-order valence-corrected chi connectivity index (χ2v) is 4.16. The summed E-state index contributed by atoms with van der Waals surface area (Å²) in [7, 11) is 0. The van der Waals surface area contributed by atoms with Crippen LogP contribution in [-0.4, -0.2) is 16.0 Å². The molecule has 3 N–H and O–H groups in total. The smallest absolute Gasteiger partial charge is 0.214 e. The molecule has 98 valence electrons.